The Hall–Kier alpha value is -1.18. The summed E-state index contributed by atoms with van der Waals surface area (Å²) in [7, 11) is -1.67. The number of nitrogens with zero attached hydrogens (tertiary/aromatic N) is 1. The van der Waals surface area contributed by atoms with E-state index in [1.807, 2.05) is 19.6 Å². The molecule has 0 aromatic rings. The molecule has 0 saturated carbocycles. The molecule has 1 amide bonds. The molecule has 0 aliphatic carbocycles. The Balaban J connectivity index is 5.13. The Morgan fingerprint density at radius 3 is 1.88 bits per heavy atom. The predicted molar refractivity (Wildman–Crippen MR) is 129 cm³/mol. The highest BCUT2D eigenvalue weighted by atomic mass is 28.4. The van der Waals surface area contributed by atoms with Crippen molar-refractivity contribution in [3.05, 3.63) is 12.2 Å². The van der Waals surface area contributed by atoms with Crippen LogP contribution in [-0.2, 0) is 23.2 Å². The van der Waals surface area contributed by atoms with Crippen LogP contribution in [0.25, 0.3) is 0 Å². The maximum Gasteiger partial charge on any atom is 0.471 e. The van der Waals surface area contributed by atoms with Crippen molar-refractivity contribution in [1.29, 1.82) is 0 Å². The number of carbonyl (C=O) groups is 2. The number of ether oxygens (including phenoxy) is 1. The van der Waals surface area contributed by atoms with Gasteiger partial charge in [0.1, 0.15) is 6.23 Å². The lowest BCUT2D eigenvalue weighted by atomic mass is 10.1. The number of amides is 1. The zero-order valence-electron chi connectivity index (χ0n) is 21.4. The van der Waals surface area contributed by atoms with Gasteiger partial charge < -0.3 is 18.5 Å². The molecule has 0 heterocycles. The van der Waals surface area contributed by atoms with E-state index in [0.29, 0.717) is 17.7 Å². The number of likely N-dealkylation sites (N-methyl/N-ethyl adjacent to an activating group) is 1. The highest BCUT2D eigenvalue weighted by molar-refractivity contribution is 6.70. The minimum atomic E-state index is -4.97. The van der Waals surface area contributed by atoms with Crippen LogP contribution in [0, 0.1) is 0 Å². The van der Waals surface area contributed by atoms with E-state index in [1.54, 1.807) is 6.08 Å². The first-order valence-corrected chi connectivity index (χ1v) is 18.2. The summed E-state index contributed by atoms with van der Waals surface area (Å²) < 4.78 is 55.6. The maximum absolute atomic E-state index is 13.0. The lowest BCUT2D eigenvalue weighted by Gasteiger charge is -2.32. The van der Waals surface area contributed by atoms with E-state index >= 15 is 0 Å². The molecule has 6 nitrogen and oxygen atoms in total. The van der Waals surface area contributed by atoms with Crippen LogP contribution in [0.15, 0.2) is 12.2 Å². The number of carbonyl (C=O) groups excluding carboxylic acids is 2. The van der Waals surface area contributed by atoms with Crippen LogP contribution in [0.4, 0.5) is 13.2 Å². The van der Waals surface area contributed by atoms with Gasteiger partial charge in [-0.2, -0.15) is 13.2 Å². The summed E-state index contributed by atoms with van der Waals surface area (Å²) >= 11 is 0. The van der Waals surface area contributed by atoms with Crippen LogP contribution in [0.5, 0.6) is 0 Å². The first-order valence-electron chi connectivity index (χ1n) is 11.4. The van der Waals surface area contributed by atoms with Gasteiger partial charge in [-0.3, -0.25) is 9.59 Å². The van der Waals surface area contributed by atoms with Gasteiger partial charge in [-0.25, -0.2) is 0 Å². The van der Waals surface area contributed by atoms with E-state index in [2.05, 4.69) is 24.4 Å². The van der Waals surface area contributed by atoms with Crippen LogP contribution in [0.1, 0.15) is 44.9 Å². The standard InChI is InChI=1S/C22H42F3NO5Si2/c1-26(21(28)22(23,24)25)19(31-33(6,7)8)17-16-18(30-32(3,4)5)14-12-10-9-11-13-15-20(27)29-2/h16-19H,9-15H2,1-8H3/b17-16+. The van der Waals surface area contributed by atoms with E-state index in [1.165, 1.54) is 13.2 Å². The number of rotatable bonds is 15. The third-order valence-corrected chi connectivity index (χ3v) is 6.47. The van der Waals surface area contributed by atoms with Gasteiger partial charge in [0, 0.05) is 13.5 Å². The Kier molecular flexibility index (Phi) is 13.8. The van der Waals surface area contributed by atoms with E-state index in [0.717, 1.165) is 39.2 Å². The first kappa shape index (κ1) is 31.8. The van der Waals surface area contributed by atoms with Gasteiger partial charge in [-0.05, 0) is 58.2 Å². The molecule has 0 radical (unpaired) electrons. The van der Waals surface area contributed by atoms with Crippen molar-refractivity contribution in [2.75, 3.05) is 14.2 Å². The van der Waals surface area contributed by atoms with Crippen molar-refractivity contribution in [3.8, 4) is 0 Å². The smallest absolute Gasteiger partial charge is 0.469 e. The topological polar surface area (TPSA) is 65.1 Å². The predicted octanol–water partition coefficient (Wildman–Crippen LogP) is 5.86. The van der Waals surface area contributed by atoms with Gasteiger partial charge in [0.05, 0.1) is 13.2 Å². The van der Waals surface area contributed by atoms with E-state index in [-0.39, 0.29) is 12.1 Å². The molecule has 0 saturated heterocycles. The summed E-state index contributed by atoms with van der Waals surface area (Å²) in [6, 6.07) is 0. The van der Waals surface area contributed by atoms with Crippen molar-refractivity contribution in [2.45, 2.75) is 103 Å². The monoisotopic (exact) mass is 513 g/mol. The number of hydrogen-bond acceptors (Lipinski definition) is 5. The molecular weight excluding hydrogens is 471 g/mol. The van der Waals surface area contributed by atoms with Gasteiger partial charge in [0.25, 0.3) is 0 Å². The van der Waals surface area contributed by atoms with Gasteiger partial charge >= 0.3 is 18.1 Å². The molecule has 0 spiro atoms. The van der Waals surface area contributed by atoms with Gasteiger partial charge in [-0.1, -0.05) is 31.8 Å². The molecule has 0 aromatic heterocycles. The van der Waals surface area contributed by atoms with E-state index < -0.39 is 34.9 Å². The number of alkyl halides is 3. The summed E-state index contributed by atoms with van der Waals surface area (Å²) in [6.07, 6.45) is 2.58. The second-order valence-electron chi connectivity index (χ2n) is 10.1. The van der Waals surface area contributed by atoms with Crippen molar-refractivity contribution in [3.63, 3.8) is 0 Å². The third-order valence-electron chi connectivity index (χ3n) is 4.51. The van der Waals surface area contributed by atoms with Crippen molar-refractivity contribution < 1.29 is 36.3 Å². The van der Waals surface area contributed by atoms with Crippen molar-refractivity contribution >= 4 is 28.5 Å². The molecule has 0 bridgehead atoms. The summed E-state index contributed by atoms with van der Waals surface area (Å²) in [5.74, 6) is -2.14. The summed E-state index contributed by atoms with van der Waals surface area (Å²) in [5.41, 5.74) is 0. The molecule has 0 fully saturated rings. The lowest BCUT2D eigenvalue weighted by Crippen LogP contribution is -2.48. The van der Waals surface area contributed by atoms with Crippen LogP contribution in [0.2, 0.25) is 39.3 Å². The Morgan fingerprint density at radius 1 is 0.879 bits per heavy atom. The number of methoxy groups -OCH3 is 1. The number of unbranched alkanes of at least 4 members (excludes halogenated alkanes) is 4. The lowest BCUT2D eigenvalue weighted by molar-refractivity contribution is -0.189. The normalized spacial score (nSPS) is 14.9. The number of hydrogen-bond donors (Lipinski definition) is 0. The zero-order chi connectivity index (χ0) is 25.9. The molecule has 2 unspecified atom stereocenters. The molecule has 33 heavy (non-hydrogen) atoms. The van der Waals surface area contributed by atoms with Gasteiger partial charge in [0.15, 0.2) is 16.6 Å². The zero-order valence-corrected chi connectivity index (χ0v) is 23.4. The molecule has 0 rings (SSSR count). The van der Waals surface area contributed by atoms with Crippen molar-refractivity contribution in [2.24, 2.45) is 0 Å². The average molecular weight is 514 g/mol. The first-order chi connectivity index (χ1) is 15.0. The Bertz CT molecular complexity index is 631. The van der Waals surface area contributed by atoms with Crippen molar-refractivity contribution in [1.82, 2.24) is 4.90 Å². The highest BCUT2D eigenvalue weighted by Crippen LogP contribution is 2.22. The van der Waals surface area contributed by atoms with Crippen LogP contribution in [0.3, 0.4) is 0 Å². The second kappa shape index (κ2) is 14.3. The fourth-order valence-electron chi connectivity index (χ4n) is 3.04. The number of esters is 1. The SMILES string of the molecule is COC(=O)CCCCCCCC(/C=C/C(O[Si](C)(C)C)N(C)C(=O)C(F)(F)F)O[Si](C)(C)C. The minimum absolute atomic E-state index is 0.201. The van der Waals surface area contributed by atoms with E-state index in [9.17, 15) is 22.8 Å². The molecule has 0 N–H and O–H groups in total. The Labute approximate surface area is 199 Å². The molecule has 11 heteroatoms. The van der Waals surface area contributed by atoms with Crippen LogP contribution >= 0.6 is 0 Å². The fourth-order valence-corrected chi connectivity index (χ4v) is 5.11. The number of halogens is 3. The molecule has 194 valence electrons. The van der Waals surface area contributed by atoms with Crippen LogP contribution in [-0.4, -0.2) is 66.1 Å². The fraction of sp³-hybridized carbons (Fsp3) is 0.818. The maximum atomic E-state index is 13.0. The summed E-state index contributed by atoms with van der Waals surface area (Å²) in [4.78, 5) is 23.5. The van der Waals surface area contributed by atoms with Gasteiger partial charge in [0.2, 0.25) is 0 Å². The third kappa shape index (κ3) is 16.1. The second-order valence-corrected chi connectivity index (χ2v) is 19.0. The minimum Gasteiger partial charge on any atom is -0.469 e. The largest absolute Gasteiger partial charge is 0.471 e. The molecular formula is C22H42F3NO5Si2. The molecule has 0 aromatic carbocycles. The molecule has 0 aliphatic rings. The summed E-state index contributed by atoms with van der Waals surface area (Å²) in [6.45, 7) is 11.7. The quantitative estimate of drug-likeness (QED) is 0.0902. The van der Waals surface area contributed by atoms with E-state index in [4.69, 9.17) is 8.85 Å². The Morgan fingerprint density at radius 2 is 1.39 bits per heavy atom. The summed E-state index contributed by atoms with van der Waals surface area (Å²) in [5, 5.41) is 0. The molecule has 2 atom stereocenters. The van der Waals surface area contributed by atoms with Crippen LogP contribution < -0.4 is 0 Å². The van der Waals surface area contributed by atoms with Gasteiger partial charge in [-0.15, -0.1) is 0 Å². The average Bonchev–Trinajstić information content (AvgIpc) is 2.65. The molecule has 0 aliphatic heterocycles. The highest BCUT2D eigenvalue weighted by Gasteiger charge is 2.43.